The van der Waals surface area contributed by atoms with Crippen LogP contribution in [0.2, 0.25) is 5.15 Å². The fourth-order valence-electron chi connectivity index (χ4n) is 1.27. The van der Waals surface area contributed by atoms with Crippen LogP contribution in [0.15, 0.2) is 14.9 Å². The highest BCUT2D eigenvalue weighted by atomic mass is 35.5. The normalized spacial score (nSPS) is 11.7. The van der Waals surface area contributed by atoms with Crippen LogP contribution in [0.25, 0.3) is 0 Å². The fourth-order valence-corrected chi connectivity index (χ4v) is 4.84. The van der Waals surface area contributed by atoms with Gasteiger partial charge in [0, 0.05) is 11.1 Å². The van der Waals surface area contributed by atoms with Crippen molar-refractivity contribution in [2.45, 2.75) is 34.9 Å². The number of hydrogen-bond acceptors (Lipinski definition) is 7. The largest absolute Gasteiger partial charge is 0.465 e. The van der Waals surface area contributed by atoms with E-state index in [-0.39, 0.29) is 10.6 Å². The van der Waals surface area contributed by atoms with Gasteiger partial charge in [-0.3, -0.25) is 0 Å². The summed E-state index contributed by atoms with van der Waals surface area (Å²) in [6.45, 7) is 6.43. The van der Waals surface area contributed by atoms with Crippen molar-refractivity contribution in [2.24, 2.45) is 0 Å². The molecule has 8 heteroatoms. The van der Waals surface area contributed by atoms with Gasteiger partial charge in [-0.1, -0.05) is 43.7 Å². The molecule has 0 saturated carbocycles. The molecule has 0 aliphatic heterocycles. The van der Waals surface area contributed by atoms with Crippen LogP contribution in [0.5, 0.6) is 0 Å². The van der Waals surface area contributed by atoms with Crippen LogP contribution in [-0.2, 0) is 10.2 Å². The summed E-state index contributed by atoms with van der Waals surface area (Å²) in [5.41, 5.74) is 0.0776. The van der Waals surface area contributed by atoms with Crippen LogP contribution in [0.1, 0.15) is 35.3 Å². The van der Waals surface area contributed by atoms with E-state index >= 15 is 0 Å². The first-order chi connectivity index (χ1) is 9.31. The lowest BCUT2D eigenvalue weighted by Crippen LogP contribution is -2.07. The van der Waals surface area contributed by atoms with Crippen molar-refractivity contribution in [3.05, 3.63) is 21.1 Å². The first-order valence-corrected chi connectivity index (χ1v) is 8.53. The number of aromatic nitrogens is 2. The third-order valence-electron chi connectivity index (χ3n) is 2.34. The minimum absolute atomic E-state index is 0.0776. The van der Waals surface area contributed by atoms with E-state index in [0.717, 1.165) is 4.34 Å². The Hall–Kier alpha value is -0.630. The van der Waals surface area contributed by atoms with Gasteiger partial charge in [-0.25, -0.2) is 14.8 Å². The van der Waals surface area contributed by atoms with E-state index < -0.39 is 5.97 Å². The number of halogens is 1. The number of rotatable bonds is 3. The van der Waals surface area contributed by atoms with E-state index in [1.807, 2.05) is 6.20 Å². The van der Waals surface area contributed by atoms with E-state index in [4.69, 9.17) is 11.6 Å². The van der Waals surface area contributed by atoms with Crippen LogP contribution in [-0.4, -0.2) is 23.0 Å². The first-order valence-electron chi connectivity index (χ1n) is 5.70. The van der Waals surface area contributed by atoms with Gasteiger partial charge in [0.15, 0.2) is 18.7 Å². The van der Waals surface area contributed by atoms with E-state index in [2.05, 4.69) is 35.5 Å². The fraction of sp³-hybridized carbons (Fsp3) is 0.417. The third-order valence-corrected chi connectivity index (χ3v) is 6.31. The molecule has 0 aliphatic carbocycles. The minimum Gasteiger partial charge on any atom is -0.465 e. The number of esters is 1. The number of carbonyl (C=O) groups is 1. The number of methoxy groups -OCH3 is 1. The molecular weight excluding hydrogens is 336 g/mol. The van der Waals surface area contributed by atoms with Crippen LogP contribution in [0, 0.1) is 0 Å². The monoisotopic (exact) mass is 348 g/mol. The van der Waals surface area contributed by atoms with Gasteiger partial charge < -0.3 is 4.74 Å². The van der Waals surface area contributed by atoms with Crippen molar-refractivity contribution in [1.29, 1.82) is 0 Å². The molecule has 0 radical (unpaired) electrons. The van der Waals surface area contributed by atoms with Crippen molar-refractivity contribution in [1.82, 2.24) is 9.97 Å². The Morgan fingerprint density at radius 1 is 1.35 bits per heavy atom. The molecule has 2 aromatic heterocycles. The van der Waals surface area contributed by atoms with E-state index in [1.54, 1.807) is 11.3 Å². The van der Waals surface area contributed by atoms with E-state index in [9.17, 15) is 4.79 Å². The zero-order valence-electron chi connectivity index (χ0n) is 11.4. The molecule has 2 rings (SSSR count). The summed E-state index contributed by atoms with van der Waals surface area (Å²) >= 11 is 10.2. The zero-order valence-corrected chi connectivity index (χ0v) is 14.6. The smallest absolute Gasteiger partial charge is 0.351 e. The maximum absolute atomic E-state index is 11.5. The number of thiazole rings is 2. The minimum atomic E-state index is -0.464. The molecule has 0 bridgehead atoms. The lowest BCUT2D eigenvalue weighted by molar-refractivity contribution is 0.0606. The van der Waals surface area contributed by atoms with Gasteiger partial charge >= 0.3 is 5.97 Å². The molecule has 0 unspecified atom stereocenters. The summed E-state index contributed by atoms with van der Waals surface area (Å²) in [6, 6.07) is 0. The van der Waals surface area contributed by atoms with Gasteiger partial charge in [-0.15, -0.1) is 11.3 Å². The van der Waals surface area contributed by atoms with Crippen LogP contribution >= 0.6 is 46.0 Å². The maximum Gasteiger partial charge on any atom is 0.351 e. The van der Waals surface area contributed by atoms with Gasteiger partial charge in [-0.05, 0) is 17.2 Å². The Morgan fingerprint density at radius 3 is 2.60 bits per heavy atom. The van der Waals surface area contributed by atoms with Crippen LogP contribution < -0.4 is 0 Å². The summed E-state index contributed by atoms with van der Waals surface area (Å²) < 4.78 is 6.23. The SMILES string of the molecule is COC(=O)c1sc(Sc2ncc(C(C)(C)C)s2)nc1Cl. The Bertz CT molecular complexity index is 631. The van der Waals surface area contributed by atoms with Gasteiger partial charge in [0.05, 0.1) is 7.11 Å². The van der Waals surface area contributed by atoms with Gasteiger partial charge in [0.2, 0.25) is 0 Å². The molecule has 108 valence electrons. The lowest BCUT2D eigenvalue weighted by atomic mass is 9.96. The molecule has 0 amide bonds. The van der Waals surface area contributed by atoms with Crippen molar-refractivity contribution >= 4 is 52.0 Å². The van der Waals surface area contributed by atoms with Crippen molar-refractivity contribution in [2.75, 3.05) is 7.11 Å². The quantitative estimate of drug-likeness (QED) is 0.765. The number of hydrogen-bond donors (Lipinski definition) is 0. The van der Waals surface area contributed by atoms with E-state index in [1.165, 1.54) is 35.1 Å². The molecule has 0 saturated heterocycles. The standard InChI is InChI=1S/C12H13ClN2O2S3/c1-12(2,3)6-5-14-10(18-6)20-11-15-8(13)7(19-11)9(16)17-4/h5H,1-4H3. The molecule has 20 heavy (non-hydrogen) atoms. The Kier molecular flexibility index (Phi) is 4.73. The summed E-state index contributed by atoms with van der Waals surface area (Å²) in [4.78, 5) is 21.5. The van der Waals surface area contributed by atoms with Crippen LogP contribution in [0.4, 0.5) is 0 Å². The molecule has 0 aromatic carbocycles. The molecule has 0 spiro atoms. The molecule has 2 heterocycles. The molecule has 0 fully saturated rings. The zero-order chi connectivity index (χ0) is 14.9. The average Bonchev–Trinajstić information content (AvgIpc) is 2.95. The second-order valence-corrected chi connectivity index (χ2v) is 8.82. The van der Waals surface area contributed by atoms with Crippen molar-refractivity contribution < 1.29 is 9.53 Å². The predicted molar refractivity (Wildman–Crippen MR) is 83.4 cm³/mol. The van der Waals surface area contributed by atoms with Crippen molar-refractivity contribution in [3.63, 3.8) is 0 Å². The van der Waals surface area contributed by atoms with E-state index in [0.29, 0.717) is 9.22 Å². The molecule has 0 atom stereocenters. The highest BCUT2D eigenvalue weighted by molar-refractivity contribution is 8.02. The molecule has 2 aromatic rings. The molecule has 0 aliphatic rings. The molecule has 0 N–H and O–H groups in total. The summed E-state index contributed by atoms with van der Waals surface area (Å²) in [5.74, 6) is -0.464. The average molecular weight is 349 g/mol. The molecular formula is C12H13ClN2O2S3. The second kappa shape index (κ2) is 6.01. The highest BCUT2D eigenvalue weighted by Gasteiger charge is 2.21. The predicted octanol–water partition coefficient (Wildman–Crippen LogP) is 4.49. The molecule has 4 nitrogen and oxygen atoms in total. The van der Waals surface area contributed by atoms with Gasteiger partial charge in [0.1, 0.15) is 0 Å². The first kappa shape index (κ1) is 15.8. The van der Waals surface area contributed by atoms with Gasteiger partial charge in [0.25, 0.3) is 0 Å². The third kappa shape index (κ3) is 3.52. The Morgan fingerprint density at radius 2 is 2.05 bits per heavy atom. The number of carbonyl (C=O) groups excluding carboxylic acids is 1. The maximum atomic E-state index is 11.5. The summed E-state index contributed by atoms with van der Waals surface area (Å²) in [6.07, 6.45) is 1.88. The lowest BCUT2D eigenvalue weighted by Gasteiger charge is -2.14. The number of ether oxygens (including phenoxy) is 1. The summed E-state index contributed by atoms with van der Waals surface area (Å²) in [5, 5.41) is 0.178. The Balaban J connectivity index is 2.18. The highest BCUT2D eigenvalue weighted by Crippen LogP contribution is 2.39. The number of nitrogens with zero attached hydrogens (tertiary/aromatic N) is 2. The van der Waals surface area contributed by atoms with Crippen LogP contribution in [0.3, 0.4) is 0 Å². The second-order valence-electron chi connectivity index (χ2n) is 4.93. The summed E-state index contributed by atoms with van der Waals surface area (Å²) in [7, 11) is 1.32. The topological polar surface area (TPSA) is 52.1 Å². The Labute approximate surface area is 134 Å². The van der Waals surface area contributed by atoms with Crippen molar-refractivity contribution in [3.8, 4) is 0 Å². The van der Waals surface area contributed by atoms with Gasteiger partial charge in [-0.2, -0.15) is 0 Å².